The van der Waals surface area contributed by atoms with E-state index in [1.807, 2.05) is 0 Å². The summed E-state index contributed by atoms with van der Waals surface area (Å²) in [5.74, 6) is 1.04. The van der Waals surface area contributed by atoms with Crippen molar-refractivity contribution < 1.29 is 0 Å². The van der Waals surface area contributed by atoms with Crippen molar-refractivity contribution in [2.75, 3.05) is 13.1 Å². The Kier molecular flexibility index (Phi) is 3.82. The minimum absolute atomic E-state index is 0.809. The van der Waals surface area contributed by atoms with Gasteiger partial charge in [-0.05, 0) is 44.7 Å². The molecule has 2 nitrogen and oxygen atoms in total. The Bertz CT molecular complexity index is 158. The summed E-state index contributed by atoms with van der Waals surface area (Å²) in [4.78, 5) is 0. The van der Waals surface area contributed by atoms with Crippen LogP contribution in [0.3, 0.4) is 0 Å². The molecular formula is C12H24N2. The first-order chi connectivity index (χ1) is 6.88. The maximum Gasteiger partial charge on any atom is 0.00938 e. The van der Waals surface area contributed by atoms with Crippen LogP contribution in [-0.2, 0) is 0 Å². The predicted molar refractivity (Wildman–Crippen MR) is 60.4 cm³/mol. The summed E-state index contributed by atoms with van der Waals surface area (Å²) in [7, 11) is 0. The van der Waals surface area contributed by atoms with E-state index < -0.39 is 0 Å². The van der Waals surface area contributed by atoms with Gasteiger partial charge in [-0.15, -0.1) is 0 Å². The molecule has 2 N–H and O–H groups in total. The fourth-order valence-corrected chi connectivity index (χ4v) is 2.84. The van der Waals surface area contributed by atoms with E-state index in [0.717, 1.165) is 18.0 Å². The molecule has 1 heterocycles. The lowest BCUT2D eigenvalue weighted by atomic mass is 9.77. The number of piperidine rings is 1. The van der Waals surface area contributed by atoms with E-state index in [-0.39, 0.29) is 0 Å². The highest BCUT2D eigenvalue weighted by molar-refractivity contribution is 4.88. The second-order valence-corrected chi connectivity index (χ2v) is 5.01. The average Bonchev–Trinajstić information content (AvgIpc) is 2.16. The lowest BCUT2D eigenvalue weighted by molar-refractivity contribution is 0.183. The van der Waals surface area contributed by atoms with Crippen LogP contribution in [0.5, 0.6) is 0 Å². The Morgan fingerprint density at radius 2 is 1.86 bits per heavy atom. The van der Waals surface area contributed by atoms with E-state index in [2.05, 4.69) is 17.6 Å². The third-order valence-corrected chi connectivity index (χ3v) is 3.74. The fourth-order valence-electron chi connectivity index (χ4n) is 2.84. The summed E-state index contributed by atoms with van der Waals surface area (Å²) in [5, 5.41) is 7.22. The van der Waals surface area contributed by atoms with Gasteiger partial charge in [0, 0.05) is 12.1 Å². The first kappa shape index (κ1) is 10.4. The Labute approximate surface area is 87.8 Å². The molecule has 2 rings (SSSR count). The van der Waals surface area contributed by atoms with Crippen molar-refractivity contribution in [2.45, 2.75) is 57.5 Å². The molecule has 1 saturated carbocycles. The first-order valence-corrected chi connectivity index (χ1v) is 6.35. The molecule has 1 aliphatic heterocycles. The molecule has 2 aliphatic rings. The summed E-state index contributed by atoms with van der Waals surface area (Å²) >= 11 is 0. The van der Waals surface area contributed by atoms with Gasteiger partial charge >= 0.3 is 0 Å². The molecule has 0 bridgehead atoms. The lowest BCUT2D eigenvalue weighted by Gasteiger charge is -2.39. The Morgan fingerprint density at radius 1 is 1.14 bits per heavy atom. The van der Waals surface area contributed by atoms with Crippen molar-refractivity contribution in [3.05, 3.63) is 0 Å². The van der Waals surface area contributed by atoms with Crippen LogP contribution in [0.15, 0.2) is 0 Å². The summed E-state index contributed by atoms with van der Waals surface area (Å²) < 4.78 is 0. The number of hydrogen-bond donors (Lipinski definition) is 2. The van der Waals surface area contributed by atoms with Gasteiger partial charge in [0.2, 0.25) is 0 Å². The van der Waals surface area contributed by atoms with Crippen molar-refractivity contribution in [1.29, 1.82) is 0 Å². The van der Waals surface area contributed by atoms with Crippen LogP contribution in [0.4, 0.5) is 0 Å². The van der Waals surface area contributed by atoms with Crippen LogP contribution >= 0.6 is 0 Å². The number of hydrogen-bond acceptors (Lipinski definition) is 2. The summed E-state index contributed by atoms with van der Waals surface area (Å²) in [6.07, 6.45) is 8.36. The van der Waals surface area contributed by atoms with E-state index in [1.54, 1.807) is 0 Å². The van der Waals surface area contributed by atoms with Crippen LogP contribution in [0.1, 0.15) is 45.4 Å². The highest BCUT2D eigenvalue weighted by Crippen LogP contribution is 2.31. The normalized spacial score (nSPS) is 34.1. The lowest BCUT2D eigenvalue weighted by Crippen LogP contribution is -2.49. The molecule has 0 aromatic heterocycles. The largest absolute Gasteiger partial charge is 0.317 e. The number of rotatable bonds is 4. The van der Waals surface area contributed by atoms with Crippen LogP contribution < -0.4 is 10.6 Å². The minimum Gasteiger partial charge on any atom is -0.317 e. The maximum atomic E-state index is 3.80. The van der Waals surface area contributed by atoms with Gasteiger partial charge in [-0.2, -0.15) is 0 Å². The molecule has 0 aromatic rings. The van der Waals surface area contributed by atoms with E-state index in [4.69, 9.17) is 0 Å². The van der Waals surface area contributed by atoms with Crippen molar-refractivity contribution >= 4 is 0 Å². The zero-order valence-corrected chi connectivity index (χ0v) is 9.39. The third kappa shape index (κ3) is 2.71. The third-order valence-electron chi connectivity index (χ3n) is 3.74. The van der Waals surface area contributed by atoms with Gasteiger partial charge in [0.05, 0.1) is 0 Å². The molecule has 0 amide bonds. The van der Waals surface area contributed by atoms with Crippen molar-refractivity contribution in [3.8, 4) is 0 Å². The molecule has 14 heavy (non-hydrogen) atoms. The van der Waals surface area contributed by atoms with Crippen molar-refractivity contribution in [1.82, 2.24) is 10.6 Å². The van der Waals surface area contributed by atoms with E-state index in [1.165, 1.54) is 51.6 Å². The van der Waals surface area contributed by atoms with Gasteiger partial charge in [-0.25, -0.2) is 0 Å². The van der Waals surface area contributed by atoms with Crippen LogP contribution in [0, 0.1) is 5.92 Å². The average molecular weight is 196 g/mol. The Hall–Kier alpha value is -0.0800. The highest BCUT2D eigenvalue weighted by atomic mass is 15.0. The minimum atomic E-state index is 0.809. The van der Waals surface area contributed by atoms with Crippen LogP contribution in [0.25, 0.3) is 0 Å². The summed E-state index contributed by atoms with van der Waals surface area (Å²) in [6.45, 7) is 4.72. The second kappa shape index (κ2) is 5.13. The van der Waals surface area contributed by atoms with Gasteiger partial charge in [0.1, 0.15) is 0 Å². The van der Waals surface area contributed by atoms with E-state index in [9.17, 15) is 0 Å². The Balaban J connectivity index is 1.58. The van der Waals surface area contributed by atoms with Gasteiger partial charge in [0.15, 0.2) is 0 Å². The van der Waals surface area contributed by atoms with E-state index in [0.29, 0.717) is 0 Å². The standard InChI is InChI=1S/C12H24N2/c1-2-3-10-8-12(9-10)14-11-4-6-13-7-5-11/h10-14H,2-9H2,1H3. The zero-order valence-electron chi connectivity index (χ0n) is 9.39. The van der Waals surface area contributed by atoms with Crippen molar-refractivity contribution in [2.24, 2.45) is 5.92 Å². The molecule has 0 unspecified atom stereocenters. The zero-order chi connectivity index (χ0) is 9.80. The van der Waals surface area contributed by atoms with Gasteiger partial charge in [-0.3, -0.25) is 0 Å². The second-order valence-electron chi connectivity index (χ2n) is 5.01. The molecule has 0 radical (unpaired) electrons. The molecular weight excluding hydrogens is 172 g/mol. The highest BCUT2D eigenvalue weighted by Gasteiger charge is 2.29. The molecule has 0 spiro atoms. The molecule has 0 aromatic carbocycles. The first-order valence-electron chi connectivity index (χ1n) is 6.35. The molecule has 1 saturated heterocycles. The Morgan fingerprint density at radius 3 is 2.50 bits per heavy atom. The maximum absolute atomic E-state index is 3.80. The summed E-state index contributed by atoms with van der Waals surface area (Å²) in [5.41, 5.74) is 0. The number of nitrogens with one attached hydrogen (secondary N) is 2. The smallest absolute Gasteiger partial charge is 0.00938 e. The monoisotopic (exact) mass is 196 g/mol. The molecule has 0 atom stereocenters. The van der Waals surface area contributed by atoms with E-state index >= 15 is 0 Å². The SMILES string of the molecule is CCCC1CC(NC2CCNCC2)C1. The van der Waals surface area contributed by atoms with Crippen molar-refractivity contribution in [3.63, 3.8) is 0 Å². The van der Waals surface area contributed by atoms with Gasteiger partial charge < -0.3 is 10.6 Å². The fraction of sp³-hybridized carbons (Fsp3) is 1.00. The molecule has 2 heteroatoms. The molecule has 1 aliphatic carbocycles. The molecule has 2 fully saturated rings. The summed E-state index contributed by atoms with van der Waals surface area (Å²) in [6, 6.07) is 1.67. The predicted octanol–water partition coefficient (Wildman–Crippen LogP) is 1.91. The molecule has 82 valence electrons. The van der Waals surface area contributed by atoms with Crippen LogP contribution in [-0.4, -0.2) is 25.2 Å². The van der Waals surface area contributed by atoms with Gasteiger partial charge in [0.25, 0.3) is 0 Å². The van der Waals surface area contributed by atoms with Gasteiger partial charge in [-0.1, -0.05) is 19.8 Å². The topological polar surface area (TPSA) is 24.1 Å². The van der Waals surface area contributed by atoms with Crippen LogP contribution in [0.2, 0.25) is 0 Å². The quantitative estimate of drug-likeness (QED) is 0.717.